The highest BCUT2D eigenvalue weighted by Crippen LogP contribution is 2.27. The molecule has 3 aromatic heterocycles. The van der Waals surface area contributed by atoms with Crippen molar-refractivity contribution >= 4 is 5.52 Å². The molecule has 3 aromatic rings. The number of aromatic nitrogens is 5. The summed E-state index contributed by atoms with van der Waals surface area (Å²) < 4.78 is 23.4. The summed E-state index contributed by atoms with van der Waals surface area (Å²) in [5.74, 6) is -0.139. The zero-order valence-corrected chi connectivity index (χ0v) is 13.4. The number of aryl methyl sites for hydroxylation is 1. The second kappa shape index (κ2) is 6.20. The monoisotopic (exact) mass is 330 g/mol. The molecule has 1 saturated heterocycles. The molecule has 0 unspecified atom stereocenters. The Morgan fingerprint density at radius 2 is 2.12 bits per heavy atom. The van der Waals surface area contributed by atoms with Crippen molar-refractivity contribution in [2.45, 2.75) is 25.4 Å². The fourth-order valence-electron chi connectivity index (χ4n) is 2.98. The van der Waals surface area contributed by atoms with Crippen molar-refractivity contribution in [3.8, 4) is 17.1 Å². The molecule has 0 amide bonds. The van der Waals surface area contributed by atoms with Crippen molar-refractivity contribution in [2.24, 2.45) is 7.05 Å². The molecular weight excluding hydrogens is 311 g/mol. The van der Waals surface area contributed by atoms with Crippen molar-refractivity contribution in [2.75, 3.05) is 13.1 Å². The molecule has 0 spiro atoms. The Bertz CT molecular complexity index is 849. The number of hydrogen-bond acceptors (Lipinski definition) is 5. The first kappa shape index (κ1) is 15.1. The third-order valence-corrected chi connectivity index (χ3v) is 4.22. The van der Waals surface area contributed by atoms with E-state index in [9.17, 15) is 4.39 Å². The third kappa shape index (κ3) is 2.84. The Labute approximate surface area is 138 Å². The molecule has 8 heteroatoms. The molecule has 4 rings (SSSR count). The van der Waals surface area contributed by atoms with Crippen LogP contribution < -0.4 is 10.1 Å². The van der Waals surface area contributed by atoms with Gasteiger partial charge in [-0.25, -0.2) is 13.9 Å². The van der Waals surface area contributed by atoms with E-state index in [0.717, 1.165) is 37.9 Å². The van der Waals surface area contributed by atoms with E-state index in [1.165, 1.54) is 10.7 Å². The van der Waals surface area contributed by atoms with Gasteiger partial charge in [0.05, 0.1) is 24.3 Å². The maximum atomic E-state index is 14.1. The summed E-state index contributed by atoms with van der Waals surface area (Å²) in [6, 6.07) is 0. The minimum absolute atomic E-state index is 0.0229. The number of nitrogens with zero attached hydrogens (tertiary/aromatic N) is 5. The van der Waals surface area contributed by atoms with Gasteiger partial charge >= 0.3 is 0 Å². The summed E-state index contributed by atoms with van der Waals surface area (Å²) in [4.78, 5) is 4.55. The summed E-state index contributed by atoms with van der Waals surface area (Å²) >= 11 is 0. The summed E-state index contributed by atoms with van der Waals surface area (Å²) in [7, 11) is 1.84. The molecular formula is C16H19FN6O. The number of nitrogens with one attached hydrogen (secondary N) is 1. The lowest BCUT2D eigenvalue weighted by atomic mass is 10.1. The maximum absolute atomic E-state index is 14.1. The van der Waals surface area contributed by atoms with Crippen LogP contribution in [-0.2, 0) is 7.05 Å². The van der Waals surface area contributed by atoms with Crippen LogP contribution in [0.25, 0.3) is 16.8 Å². The van der Waals surface area contributed by atoms with Gasteiger partial charge in [0, 0.05) is 18.8 Å². The fourth-order valence-corrected chi connectivity index (χ4v) is 2.98. The zero-order chi connectivity index (χ0) is 16.5. The molecule has 1 atom stereocenters. The first-order valence-electron chi connectivity index (χ1n) is 8.11. The summed E-state index contributed by atoms with van der Waals surface area (Å²) in [5.41, 5.74) is 1.77. The van der Waals surface area contributed by atoms with E-state index in [1.54, 1.807) is 17.1 Å². The molecule has 4 heterocycles. The molecule has 0 saturated carbocycles. The van der Waals surface area contributed by atoms with Crippen LogP contribution in [0.4, 0.5) is 4.39 Å². The van der Waals surface area contributed by atoms with Gasteiger partial charge in [-0.2, -0.15) is 10.2 Å². The molecule has 1 aliphatic rings. The topological polar surface area (TPSA) is 69.3 Å². The Morgan fingerprint density at radius 1 is 1.21 bits per heavy atom. The SMILES string of the molecule is Cn1cc(-c2cn3ncc(F)c3c(O[C@@H]3CCCNCC3)n2)cn1. The van der Waals surface area contributed by atoms with Gasteiger partial charge in [-0.15, -0.1) is 0 Å². The van der Waals surface area contributed by atoms with Gasteiger partial charge in [0.2, 0.25) is 5.88 Å². The van der Waals surface area contributed by atoms with E-state index >= 15 is 0 Å². The van der Waals surface area contributed by atoms with E-state index in [-0.39, 0.29) is 11.6 Å². The van der Waals surface area contributed by atoms with E-state index in [2.05, 4.69) is 20.5 Å². The molecule has 24 heavy (non-hydrogen) atoms. The standard InChI is InChI=1S/C16H19FN6O/c1-22-9-11(7-19-22)14-10-23-15(13(17)8-20-23)16(21-14)24-12-3-2-5-18-6-4-12/h7-10,12,18H,2-6H2,1H3/t12-/m1/s1. The second-order valence-electron chi connectivity index (χ2n) is 6.04. The molecule has 0 radical (unpaired) electrons. The predicted molar refractivity (Wildman–Crippen MR) is 86.3 cm³/mol. The van der Waals surface area contributed by atoms with Crippen LogP contribution >= 0.6 is 0 Å². The van der Waals surface area contributed by atoms with Crippen LogP contribution in [0.5, 0.6) is 5.88 Å². The van der Waals surface area contributed by atoms with Gasteiger partial charge in [-0.05, 0) is 32.4 Å². The van der Waals surface area contributed by atoms with E-state index in [1.807, 2.05) is 13.2 Å². The van der Waals surface area contributed by atoms with E-state index in [0.29, 0.717) is 11.6 Å². The minimum atomic E-state index is -0.429. The summed E-state index contributed by atoms with van der Waals surface area (Å²) in [6.07, 6.45) is 9.30. The van der Waals surface area contributed by atoms with E-state index < -0.39 is 5.82 Å². The van der Waals surface area contributed by atoms with Crippen LogP contribution in [-0.4, -0.2) is 43.6 Å². The smallest absolute Gasteiger partial charge is 0.244 e. The molecule has 1 aliphatic heterocycles. The van der Waals surface area contributed by atoms with Gasteiger partial charge in [-0.1, -0.05) is 0 Å². The highest BCUT2D eigenvalue weighted by Gasteiger charge is 2.20. The largest absolute Gasteiger partial charge is 0.473 e. The Kier molecular flexibility index (Phi) is 3.89. The lowest BCUT2D eigenvalue weighted by Crippen LogP contribution is -2.20. The van der Waals surface area contributed by atoms with Crippen molar-refractivity contribution in [1.82, 2.24) is 29.7 Å². The maximum Gasteiger partial charge on any atom is 0.244 e. The van der Waals surface area contributed by atoms with Crippen molar-refractivity contribution in [1.29, 1.82) is 0 Å². The normalized spacial score (nSPS) is 18.7. The van der Waals surface area contributed by atoms with Gasteiger partial charge in [0.25, 0.3) is 0 Å². The highest BCUT2D eigenvalue weighted by molar-refractivity contribution is 5.64. The molecule has 126 valence electrons. The Morgan fingerprint density at radius 3 is 2.96 bits per heavy atom. The lowest BCUT2D eigenvalue weighted by molar-refractivity contribution is 0.181. The number of hydrogen-bond donors (Lipinski definition) is 1. The molecule has 1 fully saturated rings. The average molecular weight is 330 g/mol. The zero-order valence-electron chi connectivity index (χ0n) is 13.4. The minimum Gasteiger partial charge on any atom is -0.473 e. The second-order valence-corrected chi connectivity index (χ2v) is 6.04. The van der Waals surface area contributed by atoms with Crippen molar-refractivity contribution < 1.29 is 9.13 Å². The molecule has 0 bridgehead atoms. The highest BCUT2D eigenvalue weighted by atomic mass is 19.1. The fraction of sp³-hybridized carbons (Fsp3) is 0.438. The molecule has 0 aromatic carbocycles. The van der Waals surface area contributed by atoms with Gasteiger partial charge in [0.1, 0.15) is 6.10 Å². The number of halogens is 1. The number of rotatable bonds is 3. The number of fused-ring (bicyclic) bond motifs is 1. The third-order valence-electron chi connectivity index (χ3n) is 4.22. The van der Waals surface area contributed by atoms with E-state index in [4.69, 9.17) is 4.74 Å². The van der Waals surface area contributed by atoms with Crippen LogP contribution in [0.1, 0.15) is 19.3 Å². The van der Waals surface area contributed by atoms with Crippen LogP contribution in [0.15, 0.2) is 24.8 Å². The van der Waals surface area contributed by atoms with Gasteiger partial charge in [-0.3, -0.25) is 4.68 Å². The van der Waals surface area contributed by atoms with Crippen molar-refractivity contribution in [3.05, 3.63) is 30.6 Å². The number of ether oxygens (including phenoxy) is 1. The van der Waals surface area contributed by atoms with Gasteiger partial charge in [0.15, 0.2) is 11.3 Å². The Balaban J connectivity index is 1.75. The van der Waals surface area contributed by atoms with Gasteiger partial charge < -0.3 is 10.1 Å². The predicted octanol–water partition coefficient (Wildman–Crippen LogP) is 1.79. The van der Waals surface area contributed by atoms with Crippen molar-refractivity contribution in [3.63, 3.8) is 0 Å². The molecule has 1 N–H and O–H groups in total. The first-order chi connectivity index (χ1) is 11.7. The summed E-state index contributed by atoms with van der Waals surface area (Å²) in [6.45, 7) is 1.88. The first-order valence-corrected chi connectivity index (χ1v) is 8.11. The lowest BCUT2D eigenvalue weighted by Gasteiger charge is -2.17. The average Bonchev–Trinajstić information content (AvgIpc) is 3.07. The Hall–Kier alpha value is -2.48. The quantitative estimate of drug-likeness (QED) is 0.793. The van der Waals surface area contributed by atoms with Crippen LogP contribution in [0.2, 0.25) is 0 Å². The van der Waals surface area contributed by atoms with Crippen LogP contribution in [0.3, 0.4) is 0 Å². The van der Waals surface area contributed by atoms with Crippen LogP contribution in [0, 0.1) is 5.82 Å². The molecule has 7 nitrogen and oxygen atoms in total. The summed E-state index contributed by atoms with van der Waals surface area (Å²) in [5, 5.41) is 11.6. The molecule has 0 aliphatic carbocycles.